The summed E-state index contributed by atoms with van der Waals surface area (Å²) in [7, 11) is -0.374. The minimum Gasteiger partial charge on any atom is -0.465 e. The lowest BCUT2D eigenvalue weighted by Gasteiger charge is -2.36. The molecule has 0 bridgehead atoms. The minimum absolute atomic E-state index is 0.0680. The Morgan fingerprint density at radius 1 is 1.30 bits per heavy atom. The third kappa shape index (κ3) is 2.47. The molecule has 1 N–H and O–H groups in total. The molecule has 2 atom stereocenters. The van der Waals surface area contributed by atoms with E-state index in [0.29, 0.717) is 6.42 Å². The first-order chi connectivity index (χ1) is 9.05. The van der Waals surface area contributed by atoms with Gasteiger partial charge >= 0.3 is 13.2 Å². The molecule has 2 unspecified atom stereocenters. The summed E-state index contributed by atoms with van der Waals surface area (Å²) in [5.74, 6) is 0. The summed E-state index contributed by atoms with van der Waals surface area (Å²) >= 11 is 0. The maximum atomic E-state index is 11.2. The molecule has 0 aromatic heterocycles. The molecule has 0 aromatic rings. The van der Waals surface area contributed by atoms with Gasteiger partial charge in [-0.25, -0.2) is 4.79 Å². The minimum atomic E-state index is -0.880. The van der Waals surface area contributed by atoms with Crippen LogP contribution in [0.2, 0.25) is 0 Å². The predicted octanol–water partition coefficient (Wildman–Crippen LogP) is 2.70. The van der Waals surface area contributed by atoms with E-state index < -0.39 is 6.09 Å². The maximum absolute atomic E-state index is 11.2. The van der Waals surface area contributed by atoms with Crippen LogP contribution in [0.3, 0.4) is 0 Å². The van der Waals surface area contributed by atoms with Crippen LogP contribution in [0.1, 0.15) is 48.0 Å². The van der Waals surface area contributed by atoms with Crippen molar-refractivity contribution < 1.29 is 19.2 Å². The Labute approximate surface area is 121 Å². The van der Waals surface area contributed by atoms with E-state index in [1.165, 1.54) is 4.90 Å². The summed E-state index contributed by atoms with van der Waals surface area (Å²) in [6.07, 6.45) is 1.72. The van der Waals surface area contributed by atoms with Gasteiger partial charge in [0.05, 0.1) is 17.2 Å². The molecule has 0 aromatic carbocycles. The van der Waals surface area contributed by atoms with Crippen molar-refractivity contribution in [2.24, 2.45) is 0 Å². The van der Waals surface area contributed by atoms with Crippen molar-refractivity contribution in [3.05, 3.63) is 11.5 Å². The third-order valence-electron chi connectivity index (χ3n) is 4.68. The molecule has 0 saturated carbocycles. The molecule has 0 radical (unpaired) electrons. The highest BCUT2D eigenvalue weighted by Crippen LogP contribution is 2.40. The monoisotopic (exact) mass is 281 g/mol. The smallest absolute Gasteiger partial charge is 0.465 e. The summed E-state index contributed by atoms with van der Waals surface area (Å²) < 4.78 is 12.1. The van der Waals surface area contributed by atoms with Gasteiger partial charge in [-0.15, -0.1) is 0 Å². The van der Waals surface area contributed by atoms with E-state index >= 15 is 0 Å². The van der Waals surface area contributed by atoms with Crippen LogP contribution in [0.25, 0.3) is 0 Å². The van der Waals surface area contributed by atoms with Gasteiger partial charge in [0.2, 0.25) is 0 Å². The molecular weight excluding hydrogens is 257 g/mol. The van der Waals surface area contributed by atoms with E-state index in [2.05, 4.69) is 0 Å². The van der Waals surface area contributed by atoms with E-state index in [1.54, 1.807) is 0 Å². The zero-order chi connectivity index (χ0) is 15.3. The Bertz CT molecular complexity index is 430. The van der Waals surface area contributed by atoms with E-state index in [0.717, 1.165) is 5.47 Å². The summed E-state index contributed by atoms with van der Waals surface area (Å²) in [6, 6.07) is -0.230. The van der Waals surface area contributed by atoms with Crippen molar-refractivity contribution in [2.75, 3.05) is 0 Å². The average Bonchev–Trinajstić information content (AvgIpc) is 2.46. The first-order valence-corrected chi connectivity index (χ1v) is 7.12. The molecule has 2 heterocycles. The van der Waals surface area contributed by atoms with Gasteiger partial charge in [-0.2, -0.15) is 0 Å². The first kappa shape index (κ1) is 15.4. The second kappa shape index (κ2) is 4.77. The Morgan fingerprint density at radius 3 is 2.20 bits per heavy atom. The predicted molar refractivity (Wildman–Crippen MR) is 77.6 cm³/mol. The van der Waals surface area contributed by atoms with Crippen LogP contribution in [0.5, 0.6) is 0 Å². The van der Waals surface area contributed by atoms with Crippen molar-refractivity contribution in [3.63, 3.8) is 0 Å². The fourth-order valence-corrected chi connectivity index (χ4v) is 2.83. The Balaban J connectivity index is 2.20. The topological polar surface area (TPSA) is 59.0 Å². The van der Waals surface area contributed by atoms with Crippen LogP contribution in [-0.4, -0.2) is 46.5 Å². The normalized spacial score (nSPS) is 32.2. The second-order valence-electron chi connectivity index (χ2n) is 6.81. The van der Waals surface area contributed by atoms with Crippen molar-refractivity contribution in [2.45, 2.75) is 71.2 Å². The van der Waals surface area contributed by atoms with Gasteiger partial charge in [-0.05, 0) is 53.4 Å². The van der Waals surface area contributed by atoms with E-state index in [9.17, 15) is 9.90 Å². The molecule has 2 aliphatic heterocycles. The fourth-order valence-electron chi connectivity index (χ4n) is 2.83. The molecule has 0 aliphatic carbocycles. The highest BCUT2D eigenvalue weighted by Gasteiger charge is 2.53. The Hall–Kier alpha value is -1.01. The summed E-state index contributed by atoms with van der Waals surface area (Å²) in [6.45, 7) is 11.9. The zero-order valence-corrected chi connectivity index (χ0v) is 13.1. The molecule has 6 heteroatoms. The lowest BCUT2D eigenvalue weighted by molar-refractivity contribution is 0.00578. The fraction of sp³-hybridized carbons (Fsp3) is 0.786. The van der Waals surface area contributed by atoms with Crippen LogP contribution in [0.15, 0.2) is 11.5 Å². The molecule has 20 heavy (non-hydrogen) atoms. The van der Waals surface area contributed by atoms with Crippen LogP contribution < -0.4 is 0 Å². The largest absolute Gasteiger partial charge is 0.490 e. The van der Waals surface area contributed by atoms with Gasteiger partial charge in [-0.1, -0.05) is 6.08 Å². The second-order valence-corrected chi connectivity index (χ2v) is 6.81. The van der Waals surface area contributed by atoms with Crippen LogP contribution >= 0.6 is 0 Å². The van der Waals surface area contributed by atoms with Gasteiger partial charge in [0.25, 0.3) is 0 Å². The number of rotatable bonds is 1. The summed E-state index contributed by atoms with van der Waals surface area (Å²) in [5.41, 5.74) is 0.310. The molecule has 2 rings (SSSR count). The van der Waals surface area contributed by atoms with E-state index in [1.807, 2.05) is 47.6 Å². The number of carboxylic acid groups (broad SMARTS) is 1. The number of amides is 1. The standard InChI is InChI=1S/C14H24BNO4/c1-9-7-11(8-10(2)16(9)12(17)18)15-19-13(3,4)14(5,6)20-15/h7,9-10H,8H2,1-6H3,(H,17,18). The number of hydrogen-bond donors (Lipinski definition) is 1. The quantitative estimate of drug-likeness (QED) is 0.751. The number of hydrogen-bond acceptors (Lipinski definition) is 3. The lowest BCUT2D eigenvalue weighted by Crippen LogP contribution is -2.47. The van der Waals surface area contributed by atoms with Crippen molar-refractivity contribution in [1.82, 2.24) is 4.90 Å². The molecule has 1 amide bonds. The lowest BCUT2D eigenvalue weighted by atomic mass is 9.72. The molecule has 5 nitrogen and oxygen atoms in total. The Kier molecular flexibility index (Phi) is 3.67. The average molecular weight is 281 g/mol. The SMILES string of the molecule is CC1C=C(B2OC(C)(C)C(C)(C)O2)CC(C)N1C(=O)O. The third-order valence-corrected chi connectivity index (χ3v) is 4.68. The molecule has 1 saturated heterocycles. The van der Waals surface area contributed by atoms with Gasteiger partial charge in [0, 0.05) is 6.04 Å². The van der Waals surface area contributed by atoms with Crippen LogP contribution in [0.4, 0.5) is 4.79 Å². The Morgan fingerprint density at radius 2 is 1.80 bits per heavy atom. The van der Waals surface area contributed by atoms with Gasteiger partial charge < -0.3 is 14.4 Å². The highest BCUT2D eigenvalue weighted by molar-refractivity contribution is 6.54. The zero-order valence-electron chi connectivity index (χ0n) is 13.1. The van der Waals surface area contributed by atoms with Crippen molar-refractivity contribution in [3.8, 4) is 0 Å². The number of carbonyl (C=O) groups is 1. The van der Waals surface area contributed by atoms with Crippen molar-refractivity contribution in [1.29, 1.82) is 0 Å². The van der Waals surface area contributed by atoms with Gasteiger partial charge in [0.15, 0.2) is 0 Å². The van der Waals surface area contributed by atoms with Crippen LogP contribution in [-0.2, 0) is 9.31 Å². The molecule has 0 spiro atoms. The summed E-state index contributed by atoms with van der Waals surface area (Å²) in [5, 5.41) is 9.23. The molecule has 2 aliphatic rings. The first-order valence-electron chi connectivity index (χ1n) is 7.12. The number of nitrogens with zero attached hydrogens (tertiary/aromatic N) is 1. The van der Waals surface area contributed by atoms with Gasteiger partial charge in [0.1, 0.15) is 0 Å². The molecular formula is C14H24BNO4. The highest BCUT2D eigenvalue weighted by atomic mass is 16.7. The molecule has 1 fully saturated rings. The maximum Gasteiger partial charge on any atom is 0.490 e. The van der Waals surface area contributed by atoms with E-state index in [-0.39, 0.29) is 30.4 Å². The van der Waals surface area contributed by atoms with Gasteiger partial charge in [-0.3, -0.25) is 4.90 Å². The van der Waals surface area contributed by atoms with Crippen molar-refractivity contribution >= 4 is 13.2 Å². The summed E-state index contributed by atoms with van der Waals surface area (Å²) in [4.78, 5) is 12.7. The molecule has 112 valence electrons. The van der Waals surface area contributed by atoms with Crippen LogP contribution in [0, 0.1) is 0 Å². The van der Waals surface area contributed by atoms with E-state index in [4.69, 9.17) is 9.31 Å².